The Morgan fingerprint density at radius 2 is 1.91 bits per heavy atom. The average Bonchev–Trinajstić information content (AvgIpc) is 2.93. The first-order chi connectivity index (χ1) is 10.6. The third-order valence-corrected chi connectivity index (χ3v) is 4.90. The number of ketones is 1. The van der Waals surface area contributed by atoms with E-state index in [-0.39, 0.29) is 23.7 Å². The van der Waals surface area contributed by atoms with Crippen molar-refractivity contribution in [3.05, 3.63) is 34.9 Å². The smallest absolute Gasteiger partial charge is 0.323 e. The predicted molar refractivity (Wildman–Crippen MR) is 83.9 cm³/mol. The lowest BCUT2D eigenvalue weighted by Gasteiger charge is -2.33. The van der Waals surface area contributed by atoms with E-state index in [4.69, 9.17) is 4.74 Å². The minimum Gasteiger partial charge on any atom is -0.464 e. The Kier molecular flexibility index (Phi) is 4.30. The molecular formula is C18H23NO3. The van der Waals surface area contributed by atoms with Gasteiger partial charge in [-0.2, -0.15) is 0 Å². The zero-order chi connectivity index (χ0) is 15.7. The molecule has 0 N–H and O–H groups in total. The maximum atomic E-state index is 12.7. The normalized spacial score (nSPS) is 23.5. The van der Waals surface area contributed by atoms with Gasteiger partial charge >= 0.3 is 5.97 Å². The van der Waals surface area contributed by atoms with Gasteiger partial charge in [0.15, 0.2) is 5.78 Å². The number of aryl methyl sites for hydroxylation is 2. The summed E-state index contributed by atoms with van der Waals surface area (Å²) in [6.45, 7) is 6.19. The predicted octanol–water partition coefficient (Wildman–Crippen LogP) is 2.51. The van der Waals surface area contributed by atoms with Crippen molar-refractivity contribution in [3.8, 4) is 0 Å². The second kappa shape index (κ2) is 6.21. The van der Waals surface area contributed by atoms with E-state index in [0.717, 1.165) is 43.5 Å². The van der Waals surface area contributed by atoms with Gasteiger partial charge < -0.3 is 4.74 Å². The van der Waals surface area contributed by atoms with Crippen molar-refractivity contribution in [2.75, 3.05) is 19.7 Å². The van der Waals surface area contributed by atoms with Gasteiger partial charge in [0.05, 0.1) is 6.61 Å². The fourth-order valence-electron chi connectivity index (χ4n) is 3.60. The number of carbonyl (C=O) groups is 2. The van der Waals surface area contributed by atoms with Crippen molar-refractivity contribution in [1.29, 1.82) is 0 Å². The van der Waals surface area contributed by atoms with Crippen LogP contribution in [0, 0.1) is 19.8 Å². The summed E-state index contributed by atoms with van der Waals surface area (Å²) in [4.78, 5) is 26.6. The Bertz CT molecular complexity index is 588. The third-order valence-electron chi connectivity index (χ3n) is 4.90. The van der Waals surface area contributed by atoms with E-state index in [1.54, 1.807) is 0 Å². The van der Waals surface area contributed by atoms with Crippen molar-refractivity contribution in [2.24, 2.45) is 5.92 Å². The molecule has 2 fully saturated rings. The molecule has 1 atom stereocenters. The maximum absolute atomic E-state index is 12.7. The van der Waals surface area contributed by atoms with Crippen LogP contribution in [-0.2, 0) is 9.53 Å². The van der Waals surface area contributed by atoms with Crippen LogP contribution < -0.4 is 0 Å². The van der Waals surface area contributed by atoms with Gasteiger partial charge in [-0.1, -0.05) is 23.8 Å². The highest BCUT2D eigenvalue weighted by Gasteiger charge is 2.36. The molecule has 2 aliphatic heterocycles. The van der Waals surface area contributed by atoms with Crippen LogP contribution in [0.3, 0.4) is 0 Å². The van der Waals surface area contributed by atoms with Crippen molar-refractivity contribution in [2.45, 2.75) is 39.2 Å². The molecule has 22 heavy (non-hydrogen) atoms. The van der Waals surface area contributed by atoms with Crippen LogP contribution in [0.2, 0.25) is 0 Å². The van der Waals surface area contributed by atoms with Crippen molar-refractivity contribution >= 4 is 11.8 Å². The van der Waals surface area contributed by atoms with Crippen molar-refractivity contribution in [1.82, 2.24) is 4.90 Å². The lowest BCUT2D eigenvalue weighted by Crippen LogP contribution is -2.44. The Morgan fingerprint density at radius 1 is 1.18 bits per heavy atom. The monoisotopic (exact) mass is 301 g/mol. The summed E-state index contributed by atoms with van der Waals surface area (Å²) >= 11 is 0. The third kappa shape index (κ3) is 2.93. The highest BCUT2D eigenvalue weighted by Crippen LogP contribution is 2.26. The molecule has 2 aliphatic rings. The summed E-state index contributed by atoms with van der Waals surface area (Å²) in [5.41, 5.74) is 3.10. The van der Waals surface area contributed by atoms with Crippen LogP contribution in [0.15, 0.2) is 18.2 Å². The number of nitrogens with zero attached hydrogens (tertiary/aromatic N) is 1. The summed E-state index contributed by atoms with van der Waals surface area (Å²) in [5.74, 6) is 0.236. The quantitative estimate of drug-likeness (QED) is 0.636. The van der Waals surface area contributed by atoms with Crippen LogP contribution in [0.25, 0.3) is 0 Å². The summed E-state index contributed by atoms with van der Waals surface area (Å²) < 4.78 is 5.04. The van der Waals surface area contributed by atoms with Gasteiger partial charge in [-0.05, 0) is 45.3 Å². The van der Waals surface area contributed by atoms with E-state index in [1.165, 1.54) is 5.56 Å². The topological polar surface area (TPSA) is 46.6 Å². The SMILES string of the molecule is Cc1ccc(C(=O)C2CCN([C@@H]3CCOC3=O)CC2)c(C)c1. The van der Waals surface area contributed by atoms with Gasteiger partial charge in [0.1, 0.15) is 6.04 Å². The van der Waals surface area contributed by atoms with Gasteiger partial charge in [0.2, 0.25) is 0 Å². The molecule has 1 aromatic carbocycles. The maximum Gasteiger partial charge on any atom is 0.323 e. The van der Waals surface area contributed by atoms with Gasteiger partial charge in [0.25, 0.3) is 0 Å². The van der Waals surface area contributed by atoms with Crippen LogP contribution >= 0.6 is 0 Å². The molecule has 0 radical (unpaired) electrons. The van der Waals surface area contributed by atoms with E-state index >= 15 is 0 Å². The number of Topliss-reactive ketones (excluding diaryl/α,β-unsaturated/α-hetero) is 1. The Hall–Kier alpha value is -1.68. The summed E-state index contributed by atoms with van der Waals surface area (Å²) in [6.07, 6.45) is 2.44. The summed E-state index contributed by atoms with van der Waals surface area (Å²) in [6, 6.07) is 5.94. The Morgan fingerprint density at radius 3 is 2.50 bits per heavy atom. The molecule has 0 unspecified atom stereocenters. The number of hydrogen-bond donors (Lipinski definition) is 0. The van der Waals surface area contributed by atoms with E-state index < -0.39 is 0 Å². The Balaban J connectivity index is 1.63. The molecule has 4 nitrogen and oxygen atoms in total. The minimum absolute atomic E-state index is 0.0788. The molecule has 4 heteroatoms. The number of likely N-dealkylation sites (tertiary alicyclic amines) is 1. The van der Waals surface area contributed by atoms with Crippen LogP contribution in [0.1, 0.15) is 40.7 Å². The van der Waals surface area contributed by atoms with Crippen LogP contribution in [0.4, 0.5) is 0 Å². The zero-order valence-corrected chi connectivity index (χ0v) is 13.3. The first-order valence-electron chi connectivity index (χ1n) is 8.08. The number of piperidine rings is 1. The second-order valence-corrected chi connectivity index (χ2v) is 6.46. The van der Waals surface area contributed by atoms with E-state index in [2.05, 4.69) is 11.0 Å². The summed E-state index contributed by atoms with van der Waals surface area (Å²) in [7, 11) is 0. The second-order valence-electron chi connectivity index (χ2n) is 6.46. The molecule has 118 valence electrons. The first kappa shape index (κ1) is 15.2. The molecule has 2 saturated heterocycles. The minimum atomic E-state index is -0.0980. The molecule has 2 heterocycles. The largest absolute Gasteiger partial charge is 0.464 e. The number of ether oxygens (including phenoxy) is 1. The Labute approximate surface area is 131 Å². The van der Waals surface area contributed by atoms with Gasteiger partial charge in [-0.3, -0.25) is 14.5 Å². The highest BCUT2D eigenvalue weighted by atomic mass is 16.5. The lowest BCUT2D eigenvalue weighted by molar-refractivity contribution is -0.142. The summed E-state index contributed by atoms with van der Waals surface area (Å²) in [5, 5.41) is 0. The number of hydrogen-bond acceptors (Lipinski definition) is 4. The number of benzene rings is 1. The molecule has 0 aromatic heterocycles. The van der Waals surface area contributed by atoms with Gasteiger partial charge in [0, 0.05) is 17.9 Å². The van der Waals surface area contributed by atoms with E-state index in [1.807, 2.05) is 26.0 Å². The lowest BCUT2D eigenvalue weighted by atomic mass is 9.86. The molecule has 0 spiro atoms. The van der Waals surface area contributed by atoms with Gasteiger partial charge in [-0.15, -0.1) is 0 Å². The van der Waals surface area contributed by atoms with Gasteiger partial charge in [-0.25, -0.2) is 0 Å². The fraction of sp³-hybridized carbons (Fsp3) is 0.556. The number of rotatable bonds is 3. The molecule has 3 rings (SSSR count). The molecule has 0 bridgehead atoms. The van der Waals surface area contributed by atoms with E-state index in [0.29, 0.717) is 6.61 Å². The number of esters is 1. The first-order valence-corrected chi connectivity index (χ1v) is 8.08. The molecular weight excluding hydrogens is 278 g/mol. The number of carbonyl (C=O) groups excluding carboxylic acids is 2. The van der Waals surface area contributed by atoms with Crippen LogP contribution in [0.5, 0.6) is 0 Å². The highest BCUT2D eigenvalue weighted by molar-refractivity contribution is 5.99. The van der Waals surface area contributed by atoms with Crippen molar-refractivity contribution in [3.63, 3.8) is 0 Å². The van der Waals surface area contributed by atoms with Crippen molar-refractivity contribution < 1.29 is 14.3 Å². The van der Waals surface area contributed by atoms with E-state index in [9.17, 15) is 9.59 Å². The molecule has 0 aliphatic carbocycles. The average molecular weight is 301 g/mol. The molecule has 1 aromatic rings. The molecule has 0 saturated carbocycles. The van der Waals surface area contributed by atoms with Crippen LogP contribution in [-0.4, -0.2) is 42.4 Å². The standard InChI is InChI=1S/C18H23NO3/c1-12-3-4-15(13(2)11-12)17(20)14-5-8-19(9-6-14)16-7-10-22-18(16)21/h3-4,11,14,16H,5-10H2,1-2H3/t16-/m1/s1. The zero-order valence-electron chi connectivity index (χ0n) is 13.3. The number of cyclic esters (lactones) is 1. The fourth-order valence-corrected chi connectivity index (χ4v) is 3.60. The molecule has 0 amide bonds.